The van der Waals surface area contributed by atoms with Gasteiger partial charge in [-0.2, -0.15) is 0 Å². The number of amides is 1. The SMILES string of the molecule is CNCc1cccc(C(O)C(O)CCNC(=O)OCC2c3ccccc3-c3ccccc32)c1. The summed E-state index contributed by atoms with van der Waals surface area (Å²) in [6.07, 6.45) is -2.34. The van der Waals surface area contributed by atoms with Crippen molar-refractivity contribution >= 4 is 6.09 Å². The molecule has 1 amide bonds. The normalized spacial score (nSPS) is 14.3. The van der Waals surface area contributed by atoms with Crippen LogP contribution in [0.5, 0.6) is 0 Å². The summed E-state index contributed by atoms with van der Waals surface area (Å²) in [4.78, 5) is 12.3. The first-order chi connectivity index (χ1) is 16.1. The third-order valence-electron chi connectivity index (χ3n) is 6.09. The number of alkyl carbamates (subject to hydrolysis) is 1. The van der Waals surface area contributed by atoms with Crippen LogP contribution >= 0.6 is 0 Å². The van der Waals surface area contributed by atoms with Crippen molar-refractivity contribution in [2.75, 3.05) is 20.2 Å². The Morgan fingerprint density at radius 2 is 1.64 bits per heavy atom. The van der Waals surface area contributed by atoms with Gasteiger partial charge in [-0.25, -0.2) is 4.79 Å². The maximum Gasteiger partial charge on any atom is 0.407 e. The molecule has 4 N–H and O–H groups in total. The van der Waals surface area contributed by atoms with Gasteiger partial charge in [-0.1, -0.05) is 72.8 Å². The molecule has 3 aromatic rings. The van der Waals surface area contributed by atoms with Gasteiger partial charge in [0, 0.05) is 19.0 Å². The topological polar surface area (TPSA) is 90.8 Å². The van der Waals surface area contributed by atoms with E-state index in [1.165, 1.54) is 11.1 Å². The summed E-state index contributed by atoms with van der Waals surface area (Å²) in [6, 6.07) is 23.8. The van der Waals surface area contributed by atoms with Crippen LogP contribution in [0.15, 0.2) is 72.8 Å². The van der Waals surface area contributed by atoms with Crippen LogP contribution in [0.1, 0.15) is 40.7 Å². The van der Waals surface area contributed by atoms with Crippen LogP contribution in [-0.4, -0.2) is 42.6 Å². The number of hydrogen-bond donors (Lipinski definition) is 4. The summed E-state index contributed by atoms with van der Waals surface area (Å²) in [5.74, 6) is 0.000416. The van der Waals surface area contributed by atoms with Crippen LogP contribution in [-0.2, 0) is 11.3 Å². The smallest absolute Gasteiger partial charge is 0.407 e. The largest absolute Gasteiger partial charge is 0.449 e. The van der Waals surface area contributed by atoms with Gasteiger partial charge >= 0.3 is 6.09 Å². The van der Waals surface area contributed by atoms with Crippen molar-refractivity contribution in [2.24, 2.45) is 0 Å². The second-order valence-electron chi connectivity index (χ2n) is 8.33. The summed E-state index contributed by atoms with van der Waals surface area (Å²) in [7, 11) is 1.85. The molecule has 3 aromatic carbocycles. The van der Waals surface area contributed by atoms with Crippen molar-refractivity contribution in [3.8, 4) is 11.1 Å². The van der Waals surface area contributed by atoms with Crippen molar-refractivity contribution in [1.82, 2.24) is 10.6 Å². The Morgan fingerprint density at radius 1 is 0.970 bits per heavy atom. The highest BCUT2D eigenvalue weighted by atomic mass is 16.5. The van der Waals surface area contributed by atoms with E-state index in [4.69, 9.17) is 4.74 Å². The van der Waals surface area contributed by atoms with E-state index >= 15 is 0 Å². The average molecular weight is 447 g/mol. The van der Waals surface area contributed by atoms with Crippen molar-refractivity contribution in [1.29, 1.82) is 0 Å². The highest BCUT2D eigenvalue weighted by Gasteiger charge is 2.29. The van der Waals surface area contributed by atoms with Crippen LogP contribution in [0.4, 0.5) is 4.79 Å². The second kappa shape index (κ2) is 10.6. The monoisotopic (exact) mass is 446 g/mol. The molecule has 6 heteroatoms. The van der Waals surface area contributed by atoms with Gasteiger partial charge in [-0.05, 0) is 46.8 Å². The van der Waals surface area contributed by atoms with Gasteiger partial charge in [0.1, 0.15) is 12.7 Å². The maximum absolute atomic E-state index is 12.3. The minimum Gasteiger partial charge on any atom is -0.449 e. The van der Waals surface area contributed by atoms with E-state index in [0.29, 0.717) is 12.1 Å². The van der Waals surface area contributed by atoms with Crippen molar-refractivity contribution < 1.29 is 19.7 Å². The molecule has 172 valence electrons. The van der Waals surface area contributed by atoms with Crippen molar-refractivity contribution in [2.45, 2.75) is 31.1 Å². The maximum atomic E-state index is 12.3. The first-order valence-corrected chi connectivity index (χ1v) is 11.3. The lowest BCUT2D eigenvalue weighted by molar-refractivity contribution is 0.0136. The first-order valence-electron chi connectivity index (χ1n) is 11.3. The first kappa shape index (κ1) is 23.0. The number of ether oxygens (including phenoxy) is 1. The number of aliphatic hydroxyl groups excluding tert-OH is 2. The lowest BCUT2D eigenvalue weighted by Crippen LogP contribution is -2.30. The number of hydrogen-bond acceptors (Lipinski definition) is 5. The number of benzene rings is 3. The molecule has 0 radical (unpaired) electrons. The predicted molar refractivity (Wildman–Crippen MR) is 128 cm³/mol. The summed E-state index contributed by atoms with van der Waals surface area (Å²) in [6.45, 7) is 1.12. The van der Waals surface area contributed by atoms with Crippen LogP contribution in [0.3, 0.4) is 0 Å². The molecule has 1 aliphatic rings. The predicted octanol–water partition coefficient (Wildman–Crippen LogP) is 3.73. The minimum absolute atomic E-state index is 0.000416. The van der Waals surface area contributed by atoms with E-state index < -0.39 is 18.3 Å². The van der Waals surface area contributed by atoms with Gasteiger partial charge in [0.2, 0.25) is 0 Å². The number of rotatable bonds is 9. The van der Waals surface area contributed by atoms with E-state index in [2.05, 4.69) is 34.9 Å². The number of aliphatic hydroxyl groups is 2. The Morgan fingerprint density at radius 3 is 2.30 bits per heavy atom. The highest BCUT2D eigenvalue weighted by Crippen LogP contribution is 2.44. The lowest BCUT2D eigenvalue weighted by atomic mass is 9.98. The van der Waals surface area contributed by atoms with E-state index in [0.717, 1.165) is 16.7 Å². The Kier molecular flexibility index (Phi) is 7.40. The van der Waals surface area contributed by atoms with Crippen molar-refractivity contribution in [3.63, 3.8) is 0 Å². The van der Waals surface area contributed by atoms with Crippen LogP contribution in [0.25, 0.3) is 11.1 Å². The molecule has 2 unspecified atom stereocenters. The summed E-state index contributed by atoms with van der Waals surface area (Å²) < 4.78 is 5.51. The summed E-state index contributed by atoms with van der Waals surface area (Å²) >= 11 is 0. The Bertz CT molecular complexity index is 1060. The van der Waals surface area contributed by atoms with Crippen LogP contribution < -0.4 is 10.6 Å². The Balaban J connectivity index is 1.27. The van der Waals surface area contributed by atoms with Gasteiger partial charge in [-0.3, -0.25) is 0 Å². The van der Waals surface area contributed by atoms with Gasteiger partial charge in [0.15, 0.2) is 0 Å². The zero-order valence-corrected chi connectivity index (χ0v) is 18.7. The molecule has 6 nitrogen and oxygen atoms in total. The van der Waals surface area contributed by atoms with E-state index in [1.807, 2.05) is 49.5 Å². The van der Waals surface area contributed by atoms with Gasteiger partial charge in [0.05, 0.1) is 6.10 Å². The molecule has 0 heterocycles. The second-order valence-corrected chi connectivity index (χ2v) is 8.33. The lowest BCUT2D eigenvalue weighted by Gasteiger charge is -2.19. The molecule has 0 fully saturated rings. The van der Waals surface area contributed by atoms with Gasteiger partial charge in [0.25, 0.3) is 0 Å². The molecular formula is C27H30N2O4. The number of fused-ring (bicyclic) bond motifs is 3. The molecule has 0 saturated carbocycles. The van der Waals surface area contributed by atoms with Crippen LogP contribution in [0.2, 0.25) is 0 Å². The molecule has 0 spiro atoms. The summed E-state index contributed by atoms with van der Waals surface area (Å²) in [5, 5.41) is 26.6. The Labute approximate surface area is 194 Å². The molecule has 1 aliphatic carbocycles. The van der Waals surface area contributed by atoms with Gasteiger partial charge < -0.3 is 25.6 Å². The molecule has 0 aliphatic heterocycles. The molecule has 33 heavy (non-hydrogen) atoms. The number of nitrogens with one attached hydrogen (secondary N) is 2. The van der Waals surface area contributed by atoms with E-state index in [9.17, 15) is 15.0 Å². The fraction of sp³-hybridized carbons (Fsp3) is 0.296. The fourth-order valence-corrected chi connectivity index (χ4v) is 4.44. The molecule has 0 bridgehead atoms. The van der Waals surface area contributed by atoms with E-state index in [1.54, 1.807) is 6.07 Å². The summed E-state index contributed by atoms with van der Waals surface area (Å²) in [5.41, 5.74) is 6.35. The Hall–Kier alpha value is -3.19. The van der Waals surface area contributed by atoms with Crippen LogP contribution in [0, 0.1) is 0 Å². The van der Waals surface area contributed by atoms with E-state index in [-0.39, 0.29) is 25.5 Å². The molecular weight excluding hydrogens is 416 g/mol. The highest BCUT2D eigenvalue weighted by molar-refractivity contribution is 5.79. The third kappa shape index (κ3) is 5.25. The third-order valence-corrected chi connectivity index (χ3v) is 6.09. The minimum atomic E-state index is -1.02. The zero-order chi connectivity index (χ0) is 23.2. The number of carbonyl (C=O) groups excluding carboxylic acids is 1. The molecule has 2 atom stereocenters. The zero-order valence-electron chi connectivity index (χ0n) is 18.7. The molecule has 4 rings (SSSR count). The molecule has 0 aromatic heterocycles. The fourth-order valence-electron chi connectivity index (χ4n) is 4.44. The number of carbonyl (C=O) groups is 1. The molecule has 0 saturated heterocycles. The van der Waals surface area contributed by atoms with Crippen molar-refractivity contribution in [3.05, 3.63) is 95.1 Å². The quantitative estimate of drug-likeness (QED) is 0.402. The standard InChI is InChI=1S/C27H30N2O4/c1-28-16-18-7-6-8-19(15-18)26(31)25(30)13-14-29-27(32)33-17-24-22-11-4-2-9-20(22)21-10-3-5-12-23(21)24/h2-12,15,24-26,28,30-31H,13-14,16-17H2,1H3,(H,29,32). The van der Waals surface area contributed by atoms with Gasteiger partial charge in [-0.15, -0.1) is 0 Å². The average Bonchev–Trinajstić information content (AvgIpc) is 3.16.